The van der Waals surface area contributed by atoms with Crippen LogP contribution < -0.4 is 4.74 Å². The molecule has 0 N–H and O–H groups in total. The van der Waals surface area contributed by atoms with E-state index in [0.717, 1.165) is 21.3 Å². The van der Waals surface area contributed by atoms with E-state index < -0.39 is 0 Å². The molecule has 0 radical (unpaired) electrons. The molecular formula is C8H5Cl2IO. The Labute approximate surface area is 94.1 Å². The lowest BCUT2D eigenvalue weighted by molar-refractivity contribution is 0.357. The minimum Gasteiger partial charge on any atom is -0.491 e. The van der Waals surface area contributed by atoms with Crippen LogP contribution in [-0.4, -0.2) is 6.61 Å². The Hall–Kier alpha value is 0.330. The number of hydrogen-bond donors (Lipinski definition) is 0. The third kappa shape index (κ3) is 1.30. The second kappa shape index (κ2) is 3.24. The maximum Gasteiger partial charge on any atom is 0.142 e. The van der Waals surface area contributed by atoms with Gasteiger partial charge in [0, 0.05) is 15.6 Å². The lowest BCUT2D eigenvalue weighted by atomic mass is 10.2. The van der Waals surface area contributed by atoms with E-state index in [1.807, 2.05) is 0 Å². The zero-order valence-corrected chi connectivity index (χ0v) is 9.70. The van der Waals surface area contributed by atoms with Crippen molar-refractivity contribution in [1.82, 2.24) is 0 Å². The van der Waals surface area contributed by atoms with Crippen LogP contribution in [0, 0.1) is 3.57 Å². The predicted octanol–water partition coefficient (Wildman–Crippen LogP) is 3.53. The maximum atomic E-state index is 5.95. The average Bonchev–Trinajstić information content (AvgIpc) is 2.48. The highest BCUT2D eigenvalue weighted by molar-refractivity contribution is 14.1. The molecular weight excluding hydrogens is 310 g/mol. The number of benzene rings is 1. The number of hydrogen-bond acceptors (Lipinski definition) is 1. The molecule has 0 aliphatic carbocycles. The fraction of sp³-hybridized carbons (Fsp3) is 0.250. The van der Waals surface area contributed by atoms with Gasteiger partial charge in [0.1, 0.15) is 5.75 Å². The molecule has 12 heavy (non-hydrogen) atoms. The van der Waals surface area contributed by atoms with Crippen LogP contribution in [0.25, 0.3) is 0 Å². The summed E-state index contributed by atoms with van der Waals surface area (Å²) in [6.45, 7) is 0.714. The molecule has 1 aliphatic rings. The topological polar surface area (TPSA) is 9.23 Å². The Bertz CT molecular complexity index is 338. The molecule has 1 nitrogen and oxygen atoms in total. The molecule has 0 bridgehead atoms. The largest absolute Gasteiger partial charge is 0.491 e. The molecule has 0 fully saturated rings. The van der Waals surface area contributed by atoms with E-state index in [1.165, 1.54) is 0 Å². The summed E-state index contributed by atoms with van der Waals surface area (Å²) in [5, 5.41) is 1.33. The smallest absolute Gasteiger partial charge is 0.142 e. The van der Waals surface area contributed by atoms with E-state index in [0.29, 0.717) is 16.7 Å². The van der Waals surface area contributed by atoms with Crippen molar-refractivity contribution in [2.45, 2.75) is 6.42 Å². The Morgan fingerprint density at radius 1 is 1.33 bits per heavy atom. The second-order valence-electron chi connectivity index (χ2n) is 2.56. The van der Waals surface area contributed by atoms with E-state index in [4.69, 9.17) is 27.9 Å². The molecule has 0 unspecified atom stereocenters. The number of halogens is 3. The van der Waals surface area contributed by atoms with Gasteiger partial charge in [-0.3, -0.25) is 0 Å². The highest BCUT2D eigenvalue weighted by Crippen LogP contribution is 2.39. The maximum absolute atomic E-state index is 5.95. The summed E-state index contributed by atoms with van der Waals surface area (Å²) in [7, 11) is 0. The van der Waals surface area contributed by atoms with Crippen molar-refractivity contribution >= 4 is 45.8 Å². The molecule has 1 aliphatic heterocycles. The van der Waals surface area contributed by atoms with Gasteiger partial charge >= 0.3 is 0 Å². The van der Waals surface area contributed by atoms with Crippen LogP contribution in [0.1, 0.15) is 5.56 Å². The van der Waals surface area contributed by atoms with E-state index in [2.05, 4.69) is 22.6 Å². The standard InChI is InChI=1S/C8H5Cl2IO/c9-5-3-6(10)8-4(7(5)11)1-2-12-8/h3H,1-2H2. The molecule has 0 saturated carbocycles. The first kappa shape index (κ1) is 8.91. The van der Waals surface area contributed by atoms with Crippen molar-refractivity contribution < 1.29 is 4.74 Å². The SMILES string of the molecule is Clc1cc(Cl)c2c(c1I)CCO2. The van der Waals surface area contributed by atoms with E-state index >= 15 is 0 Å². The Balaban J connectivity index is 2.69. The molecule has 4 heteroatoms. The molecule has 0 aromatic heterocycles. The van der Waals surface area contributed by atoms with Crippen LogP contribution in [0.5, 0.6) is 5.75 Å². The Kier molecular flexibility index (Phi) is 2.40. The first-order valence-electron chi connectivity index (χ1n) is 3.49. The third-order valence-corrected chi connectivity index (χ3v) is 3.95. The van der Waals surface area contributed by atoms with Gasteiger partial charge in [-0.2, -0.15) is 0 Å². The summed E-state index contributed by atoms with van der Waals surface area (Å²) in [6, 6.07) is 1.73. The summed E-state index contributed by atoms with van der Waals surface area (Å²) >= 11 is 14.1. The van der Waals surface area contributed by atoms with Gasteiger partial charge < -0.3 is 4.74 Å². The van der Waals surface area contributed by atoms with Gasteiger partial charge in [0.05, 0.1) is 16.7 Å². The summed E-state index contributed by atoms with van der Waals surface area (Å²) < 4.78 is 6.43. The Morgan fingerprint density at radius 2 is 2.08 bits per heavy atom. The zero-order chi connectivity index (χ0) is 8.72. The van der Waals surface area contributed by atoms with Gasteiger partial charge in [0.25, 0.3) is 0 Å². The number of rotatable bonds is 0. The van der Waals surface area contributed by atoms with Crippen LogP contribution in [-0.2, 0) is 6.42 Å². The monoisotopic (exact) mass is 314 g/mol. The van der Waals surface area contributed by atoms with Gasteiger partial charge in [-0.25, -0.2) is 0 Å². The molecule has 64 valence electrons. The highest BCUT2D eigenvalue weighted by atomic mass is 127. The summed E-state index contributed by atoms with van der Waals surface area (Å²) in [4.78, 5) is 0. The van der Waals surface area contributed by atoms with Gasteiger partial charge in [0.2, 0.25) is 0 Å². The third-order valence-electron chi connectivity index (χ3n) is 1.82. The first-order chi connectivity index (χ1) is 5.70. The second-order valence-corrected chi connectivity index (χ2v) is 4.45. The zero-order valence-electron chi connectivity index (χ0n) is 6.03. The molecule has 0 spiro atoms. The van der Waals surface area contributed by atoms with Gasteiger partial charge in [-0.15, -0.1) is 0 Å². The number of ether oxygens (including phenoxy) is 1. The fourth-order valence-electron chi connectivity index (χ4n) is 1.26. The van der Waals surface area contributed by atoms with Gasteiger partial charge in [-0.05, 0) is 28.7 Å². The van der Waals surface area contributed by atoms with Crippen LogP contribution in [0.4, 0.5) is 0 Å². The number of fused-ring (bicyclic) bond motifs is 1. The summed E-state index contributed by atoms with van der Waals surface area (Å²) in [5.74, 6) is 0.811. The predicted molar refractivity (Wildman–Crippen MR) is 58.4 cm³/mol. The van der Waals surface area contributed by atoms with Crippen molar-refractivity contribution in [3.05, 3.63) is 25.2 Å². The molecule has 1 heterocycles. The normalized spacial score (nSPS) is 14.2. The van der Waals surface area contributed by atoms with Crippen LogP contribution in [0.3, 0.4) is 0 Å². The van der Waals surface area contributed by atoms with Crippen molar-refractivity contribution in [1.29, 1.82) is 0 Å². The lowest BCUT2D eigenvalue weighted by Crippen LogP contribution is -1.86. The van der Waals surface area contributed by atoms with Crippen molar-refractivity contribution in [2.75, 3.05) is 6.61 Å². The summed E-state index contributed by atoms with van der Waals surface area (Å²) in [5.41, 5.74) is 1.15. The van der Waals surface area contributed by atoms with Gasteiger partial charge in [0.15, 0.2) is 0 Å². The van der Waals surface area contributed by atoms with Gasteiger partial charge in [-0.1, -0.05) is 23.2 Å². The van der Waals surface area contributed by atoms with Crippen LogP contribution in [0.2, 0.25) is 10.0 Å². The minimum absolute atomic E-state index is 0.618. The van der Waals surface area contributed by atoms with Crippen molar-refractivity contribution in [3.63, 3.8) is 0 Å². The molecule has 0 saturated heterocycles. The first-order valence-corrected chi connectivity index (χ1v) is 5.33. The van der Waals surface area contributed by atoms with Crippen LogP contribution >= 0.6 is 45.8 Å². The molecule has 0 atom stereocenters. The quantitative estimate of drug-likeness (QED) is 0.526. The van der Waals surface area contributed by atoms with E-state index in [1.54, 1.807) is 6.07 Å². The summed E-state index contributed by atoms with van der Waals surface area (Å²) in [6.07, 6.45) is 0.911. The fourth-order valence-corrected chi connectivity index (χ4v) is 2.49. The lowest BCUT2D eigenvalue weighted by Gasteiger charge is -2.04. The Morgan fingerprint density at radius 3 is 2.83 bits per heavy atom. The molecule has 1 aromatic rings. The van der Waals surface area contributed by atoms with E-state index in [-0.39, 0.29) is 0 Å². The van der Waals surface area contributed by atoms with Crippen molar-refractivity contribution in [3.8, 4) is 5.75 Å². The minimum atomic E-state index is 0.618. The molecule has 1 aromatic carbocycles. The molecule has 0 amide bonds. The molecule has 2 rings (SSSR count). The van der Waals surface area contributed by atoms with E-state index in [9.17, 15) is 0 Å². The average molecular weight is 315 g/mol. The van der Waals surface area contributed by atoms with Crippen molar-refractivity contribution in [2.24, 2.45) is 0 Å². The highest BCUT2D eigenvalue weighted by Gasteiger charge is 2.20. The van der Waals surface area contributed by atoms with Crippen LogP contribution in [0.15, 0.2) is 6.07 Å².